The molecule has 1 aliphatic rings. The van der Waals surface area contributed by atoms with E-state index in [4.69, 9.17) is 0 Å². The van der Waals surface area contributed by atoms with Crippen LogP contribution < -0.4 is 5.32 Å². The molecule has 1 atom stereocenters. The fraction of sp³-hybridized carbons (Fsp3) is 0.188. The van der Waals surface area contributed by atoms with Crippen molar-refractivity contribution in [1.82, 2.24) is 4.98 Å². The Morgan fingerprint density at radius 3 is 2.91 bits per heavy atom. The monoisotopic (exact) mass is 314 g/mol. The molecule has 112 valence electrons. The summed E-state index contributed by atoms with van der Waals surface area (Å²) in [5.41, 5.74) is 2.05. The van der Waals surface area contributed by atoms with E-state index in [0.29, 0.717) is 11.4 Å². The molecule has 6 heteroatoms. The molecule has 1 unspecified atom stereocenters. The first-order valence-corrected chi connectivity index (χ1v) is 7.77. The molecule has 1 aromatic heterocycles. The summed E-state index contributed by atoms with van der Waals surface area (Å²) in [5.74, 6) is -1.15. The van der Waals surface area contributed by atoms with E-state index in [1.165, 1.54) is 24.0 Å². The van der Waals surface area contributed by atoms with Crippen molar-refractivity contribution >= 4 is 29.3 Å². The number of aryl methyl sites for hydroxylation is 1. The summed E-state index contributed by atoms with van der Waals surface area (Å²) in [7, 11) is 0. The number of rotatable bonds is 3. The number of carbonyl (C=O) groups is 2. The van der Waals surface area contributed by atoms with Crippen molar-refractivity contribution in [1.29, 1.82) is 0 Å². The third-order valence-corrected chi connectivity index (χ3v) is 4.78. The summed E-state index contributed by atoms with van der Waals surface area (Å²) in [5, 5.41) is 12.1. The van der Waals surface area contributed by atoms with Crippen LogP contribution in [0.1, 0.15) is 22.3 Å². The van der Waals surface area contributed by atoms with Crippen molar-refractivity contribution < 1.29 is 14.7 Å². The van der Waals surface area contributed by atoms with Crippen LogP contribution in [-0.2, 0) is 11.2 Å². The van der Waals surface area contributed by atoms with Crippen LogP contribution in [0.2, 0.25) is 0 Å². The average Bonchev–Trinajstić information content (AvgIpc) is 2.67. The zero-order valence-corrected chi connectivity index (χ0v) is 12.5. The van der Waals surface area contributed by atoms with E-state index in [0.717, 1.165) is 17.7 Å². The number of aromatic carboxylic acids is 1. The van der Waals surface area contributed by atoms with E-state index >= 15 is 0 Å². The molecule has 0 aliphatic carbocycles. The number of carboxylic acids is 1. The molecule has 0 radical (unpaired) electrons. The first kappa shape index (κ1) is 14.6. The number of carbonyl (C=O) groups excluding carboxylic acids is 1. The molecule has 1 aromatic carbocycles. The molecule has 2 heterocycles. The van der Waals surface area contributed by atoms with E-state index in [1.807, 2.05) is 24.3 Å². The second kappa shape index (κ2) is 6.19. The van der Waals surface area contributed by atoms with Gasteiger partial charge in [0.1, 0.15) is 5.03 Å². The van der Waals surface area contributed by atoms with Crippen molar-refractivity contribution in [3.8, 4) is 0 Å². The van der Waals surface area contributed by atoms with Gasteiger partial charge < -0.3 is 10.4 Å². The van der Waals surface area contributed by atoms with Crippen LogP contribution in [-0.4, -0.2) is 27.2 Å². The first-order valence-electron chi connectivity index (χ1n) is 6.89. The minimum absolute atomic E-state index is 0.114. The fourth-order valence-corrected chi connectivity index (χ4v) is 3.46. The third-order valence-electron chi connectivity index (χ3n) is 3.50. The predicted molar refractivity (Wildman–Crippen MR) is 84.2 cm³/mol. The summed E-state index contributed by atoms with van der Waals surface area (Å²) < 4.78 is 0. The van der Waals surface area contributed by atoms with Gasteiger partial charge in [-0.1, -0.05) is 30.0 Å². The van der Waals surface area contributed by atoms with E-state index in [-0.39, 0.29) is 16.7 Å². The highest BCUT2D eigenvalue weighted by Crippen LogP contribution is 2.32. The molecule has 3 rings (SSSR count). The number of fused-ring (bicyclic) bond motifs is 1. The van der Waals surface area contributed by atoms with Crippen molar-refractivity contribution in [2.24, 2.45) is 0 Å². The number of thioether (sulfide) groups is 1. The fourth-order valence-electron chi connectivity index (χ4n) is 2.39. The van der Waals surface area contributed by atoms with Crippen LogP contribution in [0.25, 0.3) is 0 Å². The maximum atomic E-state index is 12.4. The Kier molecular flexibility index (Phi) is 4.11. The lowest BCUT2D eigenvalue weighted by molar-refractivity contribution is -0.115. The zero-order chi connectivity index (χ0) is 15.5. The van der Waals surface area contributed by atoms with Crippen LogP contribution in [0, 0.1) is 0 Å². The van der Waals surface area contributed by atoms with Gasteiger partial charge in [0.05, 0.1) is 10.8 Å². The number of pyridine rings is 1. The molecule has 2 aromatic rings. The molecule has 0 saturated carbocycles. The quantitative estimate of drug-likeness (QED) is 0.910. The Hall–Kier alpha value is -2.34. The van der Waals surface area contributed by atoms with Gasteiger partial charge in [0.15, 0.2) is 0 Å². The molecule has 1 amide bonds. The molecule has 2 N–H and O–H groups in total. The summed E-state index contributed by atoms with van der Waals surface area (Å²) in [6, 6.07) is 10.8. The number of para-hydroxylation sites is 1. The summed E-state index contributed by atoms with van der Waals surface area (Å²) in [6.45, 7) is 0. The Balaban J connectivity index is 1.83. The van der Waals surface area contributed by atoms with Gasteiger partial charge in [0.2, 0.25) is 5.91 Å². The summed E-state index contributed by atoms with van der Waals surface area (Å²) in [4.78, 5) is 27.7. The minimum atomic E-state index is -1.03. The maximum absolute atomic E-state index is 12.4. The summed E-state index contributed by atoms with van der Waals surface area (Å²) >= 11 is 1.21. The highest BCUT2D eigenvalue weighted by molar-refractivity contribution is 8.00. The van der Waals surface area contributed by atoms with Gasteiger partial charge in [0.25, 0.3) is 0 Å². The standard InChI is InChI=1S/C16H14N2O3S/c19-14-13(8-7-10-4-1-2-6-12(10)18-14)22-15-11(16(20)21)5-3-9-17-15/h1-6,9,13H,7-8H2,(H,18,19)(H,20,21). The molecule has 22 heavy (non-hydrogen) atoms. The molecule has 0 saturated heterocycles. The van der Waals surface area contributed by atoms with Crippen LogP contribution in [0.5, 0.6) is 0 Å². The number of anilines is 1. The Labute approximate surface area is 131 Å². The van der Waals surface area contributed by atoms with Gasteiger partial charge in [-0.15, -0.1) is 0 Å². The first-order chi connectivity index (χ1) is 10.6. The number of amides is 1. The van der Waals surface area contributed by atoms with Gasteiger partial charge in [0, 0.05) is 11.9 Å². The molecule has 0 fully saturated rings. The van der Waals surface area contributed by atoms with Crippen LogP contribution in [0.4, 0.5) is 5.69 Å². The lowest BCUT2D eigenvalue weighted by Gasteiger charge is -2.13. The molecule has 0 bridgehead atoms. The second-order valence-corrected chi connectivity index (χ2v) is 6.14. The van der Waals surface area contributed by atoms with Crippen molar-refractivity contribution in [3.63, 3.8) is 0 Å². The number of nitrogens with one attached hydrogen (secondary N) is 1. The Bertz CT molecular complexity index is 733. The van der Waals surface area contributed by atoms with Gasteiger partial charge in [-0.2, -0.15) is 0 Å². The van der Waals surface area contributed by atoms with E-state index < -0.39 is 5.97 Å². The van der Waals surface area contributed by atoms with Crippen molar-refractivity contribution in [2.45, 2.75) is 23.1 Å². The number of carboxylic acid groups (broad SMARTS) is 1. The minimum Gasteiger partial charge on any atom is -0.478 e. The molecular weight excluding hydrogens is 300 g/mol. The number of aromatic nitrogens is 1. The van der Waals surface area contributed by atoms with E-state index in [2.05, 4.69) is 10.3 Å². The maximum Gasteiger partial charge on any atom is 0.338 e. The molecule has 1 aliphatic heterocycles. The van der Waals surface area contributed by atoms with Crippen molar-refractivity contribution in [2.75, 3.05) is 5.32 Å². The average molecular weight is 314 g/mol. The number of hydrogen-bond donors (Lipinski definition) is 2. The number of nitrogens with zero attached hydrogens (tertiary/aromatic N) is 1. The SMILES string of the molecule is O=C(O)c1cccnc1SC1CCc2ccccc2NC1=O. The second-order valence-electron chi connectivity index (χ2n) is 4.95. The zero-order valence-electron chi connectivity index (χ0n) is 11.7. The number of benzene rings is 1. The topological polar surface area (TPSA) is 79.3 Å². The Morgan fingerprint density at radius 2 is 2.09 bits per heavy atom. The molecular formula is C16H14N2O3S. The van der Waals surface area contributed by atoms with Crippen LogP contribution >= 0.6 is 11.8 Å². The van der Waals surface area contributed by atoms with E-state index in [1.54, 1.807) is 6.07 Å². The summed E-state index contributed by atoms with van der Waals surface area (Å²) in [6.07, 6.45) is 2.95. The largest absolute Gasteiger partial charge is 0.478 e. The lowest BCUT2D eigenvalue weighted by atomic mass is 10.1. The van der Waals surface area contributed by atoms with Gasteiger partial charge >= 0.3 is 5.97 Å². The van der Waals surface area contributed by atoms with E-state index in [9.17, 15) is 14.7 Å². The van der Waals surface area contributed by atoms with Crippen molar-refractivity contribution in [3.05, 3.63) is 53.7 Å². The van der Waals surface area contributed by atoms with Crippen LogP contribution in [0.3, 0.4) is 0 Å². The lowest BCUT2D eigenvalue weighted by Crippen LogP contribution is -2.24. The highest BCUT2D eigenvalue weighted by atomic mass is 32.2. The highest BCUT2D eigenvalue weighted by Gasteiger charge is 2.26. The van der Waals surface area contributed by atoms with Gasteiger partial charge in [-0.05, 0) is 36.6 Å². The molecule has 5 nitrogen and oxygen atoms in total. The Morgan fingerprint density at radius 1 is 1.27 bits per heavy atom. The smallest absolute Gasteiger partial charge is 0.338 e. The third kappa shape index (κ3) is 2.96. The molecule has 0 spiro atoms. The van der Waals surface area contributed by atoms with Gasteiger partial charge in [-0.25, -0.2) is 9.78 Å². The number of hydrogen-bond acceptors (Lipinski definition) is 4. The predicted octanol–water partition coefficient (Wildman–Crippen LogP) is 2.83. The normalized spacial score (nSPS) is 17.3. The van der Waals surface area contributed by atoms with Crippen LogP contribution in [0.15, 0.2) is 47.6 Å². The van der Waals surface area contributed by atoms with Gasteiger partial charge in [-0.3, -0.25) is 4.79 Å².